The molecule has 2 fully saturated rings. The molecule has 1 aromatic heterocycles. The average Bonchev–Trinajstić information content (AvgIpc) is 3.26. The number of amides is 1. The van der Waals surface area contributed by atoms with E-state index in [1.807, 2.05) is 4.90 Å². The SMILES string of the molecule is Cl.O=C(C1CC1)N1CCN(CCCn2cnc([N+](=O)[O-])n2)CC1. The van der Waals surface area contributed by atoms with Crippen molar-refractivity contribution in [3.05, 3.63) is 16.4 Å². The van der Waals surface area contributed by atoms with E-state index >= 15 is 0 Å². The molecule has 0 bridgehead atoms. The summed E-state index contributed by atoms with van der Waals surface area (Å²) in [4.78, 5) is 29.8. The zero-order valence-electron chi connectivity index (χ0n) is 12.8. The van der Waals surface area contributed by atoms with E-state index in [9.17, 15) is 14.9 Å². The number of piperazine rings is 1. The first kappa shape index (κ1) is 17.6. The molecular formula is C13H21ClN6O3. The Balaban J connectivity index is 0.00000192. The van der Waals surface area contributed by atoms with E-state index < -0.39 is 4.92 Å². The Labute approximate surface area is 140 Å². The molecule has 0 atom stereocenters. The Morgan fingerprint density at radius 1 is 1.26 bits per heavy atom. The molecule has 10 heteroatoms. The van der Waals surface area contributed by atoms with Crippen molar-refractivity contribution in [1.29, 1.82) is 0 Å². The molecule has 2 aliphatic rings. The second kappa shape index (κ2) is 7.69. The van der Waals surface area contributed by atoms with Gasteiger partial charge in [-0.05, 0) is 24.2 Å². The molecule has 1 saturated carbocycles. The highest BCUT2D eigenvalue weighted by Crippen LogP contribution is 2.31. The molecule has 2 heterocycles. The lowest BCUT2D eigenvalue weighted by atomic mass is 10.2. The molecule has 3 rings (SSSR count). The summed E-state index contributed by atoms with van der Waals surface area (Å²) in [5, 5.41) is 14.3. The molecule has 1 saturated heterocycles. The Hall–Kier alpha value is -1.74. The van der Waals surface area contributed by atoms with Gasteiger partial charge in [0.15, 0.2) is 0 Å². The fourth-order valence-corrected chi connectivity index (χ4v) is 2.71. The summed E-state index contributed by atoms with van der Waals surface area (Å²) in [5.41, 5.74) is 0. The third-order valence-corrected chi connectivity index (χ3v) is 4.16. The van der Waals surface area contributed by atoms with Crippen molar-refractivity contribution in [2.24, 2.45) is 5.92 Å². The monoisotopic (exact) mass is 344 g/mol. The summed E-state index contributed by atoms with van der Waals surface area (Å²) < 4.78 is 1.50. The van der Waals surface area contributed by atoms with Gasteiger partial charge in [-0.25, -0.2) is 0 Å². The van der Waals surface area contributed by atoms with Gasteiger partial charge >= 0.3 is 5.95 Å². The van der Waals surface area contributed by atoms with Gasteiger partial charge < -0.3 is 15.0 Å². The van der Waals surface area contributed by atoms with Crippen molar-refractivity contribution in [2.75, 3.05) is 32.7 Å². The molecule has 9 nitrogen and oxygen atoms in total. The van der Waals surface area contributed by atoms with Crippen LogP contribution < -0.4 is 0 Å². The smallest absolute Gasteiger partial charge is 0.390 e. The fraction of sp³-hybridized carbons (Fsp3) is 0.769. The Kier molecular flexibility index (Phi) is 5.89. The van der Waals surface area contributed by atoms with Gasteiger partial charge in [-0.3, -0.25) is 9.69 Å². The van der Waals surface area contributed by atoms with Gasteiger partial charge in [0.1, 0.15) is 0 Å². The van der Waals surface area contributed by atoms with Gasteiger partial charge in [-0.2, -0.15) is 4.68 Å². The summed E-state index contributed by atoms with van der Waals surface area (Å²) in [6.07, 6.45) is 4.37. The van der Waals surface area contributed by atoms with Gasteiger partial charge in [0.2, 0.25) is 12.2 Å². The number of halogens is 1. The zero-order valence-corrected chi connectivity index (χ0v) is 13.7. The number of nitrogens with zero attached hydrogens (tertiary/aromatic N) is 6. The number of rotatable bonds is 6. The van der Waals surface area contributed by atoms with Gasteiger partial charge in [0.05, 0.1) is 6.54 Å². The van der Waals surface area contributed by atoms with Crippen LogP contribution in [0.1, 0.15) is 19.3 Å². The number of aromatic nitrogens is 3. The van der Waals surface area contributed by atoms with Crippen LogP contribution in [-0.2, 0) is 11.3 Å². The molecule has 0 spiro atoms. The third kappa shape index (κ3) is 4.61. The lowest BCUT2D eigenvalue weighted by Crippen LogP contribution is -2.49. The van der Waals surface area contributed by atoms with Crippen molar-refractivity contribution in [3.63, 3.8) is 0 Å². The summed E-state index contributed by atoms with van der Waals surface area (Å²) in [5.74, 6) is 0.274. The largest absolute Gasteiger partial charge is 0.490 e. The standard InChI is InChI=1S/C13H20N6O3.ClH/c20-12(11-2-3-11)17-8-6-16(7-9-17)4-1-5-18-10-14-13(15-18)19(21)22;/h10-11H,1-9H2;1H. The van der Waals surface area contributed by atoms with Crippen LogP contribution in [0.3, 0.4) is 0 Å². The molecule has 0 N–H and O–H groups in total. The average molecular weight is 345 g/mol. The van der Waals surface area contributed by atoms with Crippen molar-refractivity contribution in [1.82, 2.24) is 24.6 Å². The normalized spacial score (nSPS) is 18.5. The van der Waals surface area contributed by atoms with Crippen LogP contribution in [0.25, 0.3) is 0 Å². The summed E-state index contributed by atoms with van der Waals surface area (Å²) in [6.45, 7) is 4.93. The van der Waals surface area contributed by atoms with Crippen LogP contribution in [0.2, 0.25) is 0 Å². The predicted molar refractivity (Wildman–Crippen MR) is 84.3 cm³/mol. The first-order valence-electron chi connectivity index (χ1n) is 7.68. The van der Waals surface area contributed by atoms with E-state index in [2.05, 4.69) is 15.0 Å². The quantitative estimate of drug-likeness (QED) is 0.552. The highest BCUT2D eigenvalue weighted by Gasteiger charge is 2.34. The third-order valence-electron chi connectivity index (χ3n) is 4.16. The van der Waals surface area contributed by atoms with Crippen molar-refractivity contribution < 1.29 is 9.72 Å². The molecule has 0 unspecified atom stereocenters. The van der Waals surface area contributed by atoms with E-state index in [1.165, 1.54) is 11.0 Å². The minimum Gasteiger partial charge on any atom is -0.390 e. The van der Waals surface area contributed by atoms with E-state index in [4.69, 9.17) is 0 Å². The van der Waals surface area contributed by atoms with E-state index in [0.29, 0.717) is 18.4 Å². The Morgan fingerprint density at radius 3 is 2.52 bits per heavy atom. The molecule has 0 radical (unpaired) electrons. The van der Waals surface area contributed by atoms with Gasteiger partial charge in [0.25, 0.3) is 0 Å². The van der Waals surface area contributed by atoms with Crippen LogP contribution in [0, 0.1) is 16.0 Å². The second-order valence-electron chi connectivity index (χ2n) is 5.86. The first-order valence-corrected chi connectivity index (χ1v) is 7.68. The van der Waals surface area contributed by atoms with E-state index in [1.54, 1.807) is 0 Å². The van der Waals surface area contributed by atoms with Crippen molar-refractivity contribution in [2.45, 2.75) is 25.8 Å². The van der Waals surface area contributed by atoms with Gasteiger partial charge in [0, 0.05) is 43.7 Å². The van der Waals surface area contributed by atoms with Crippen molar-refractivity contribution in [3.8, 4) is 0 Å². The molecule has 1 aromatic rings. The Bertz CT molecular complexity index is 554. The maximum absolute atomic E-state index is 12.0. The minimum absolute atomic E-state index is 0. The number of nitro groups is 1. The van der Waals surface area contributed by atoms with Crippen LogP contribution in [0.5, 0.6) is 0 Å². The highest BCUT2D eigenvalue weighted by molar-refractivity contribution is 5.85. The van der Waals surface area contributed by atoms with Crippen LogP contribution in [-0.4, -0.2) is 68.1 Å². The van der Waals surface area contributed by atoms with Gasteiger partial charge in [-0.1, -0.05) is 4.98 Å². The van der Waals surface area contributed by atoms with E-state index in [-0.39, 0.29) is 18.4 Å². The zero-order chi connectivity index (χ0) is 15.5. The number of carbonyl (C=O) groups is 1. The number of hydrogen-bond acceptors (Lipinski definition) is 6. The van der Waals surface area contributed by atoms with Crippen LogP contribution in [0.4, 0.5) is 5.95 Å². The second-order valence-corrected chi connectivity index (χ2v) is 5.86. The van der Waals surface area contributed by atoms with Crippen molar-refractivity contribution >= 4 is 24.3 Å². The highest BCUT2D eigenvalue weighted by atomic mass is 35.5. The fourth-order valence-electron chi connectivity index (χ4n) is 2.71. The maximum Gasteiger partial charge on any atom is 0.490 e. The number of hydrogen-bond donors (Lipinski definition) is 0. The summed E-state index contributed by atoms with van der Waals surface area (Å²) in [6, 6.07) is 0. The molecule has 23 heavy (non-hydrogen) atoms. The maximum atomic E-state index is 12.0. The lowest BCUT2D eigenvalue weighted by Gasteiger charge is -2.34. The first-order chi connectivity index (χ1) is 10.6. The molecule has 1 aliphatic heterocycles. The molecular weight excluding hydrogens is 324 g/mol. The van der Waals surface area contributed by atoms with Gasteiger partial charge in [-0.15, -0.1) is 12.4 Å². The Morgan fingerprint density at radius 2 is 1.96 bits per heavy atom. The molecule has 1 aliphatic carbocycles. The summed E-state index contributed by atoms with van der Waals surface area (Å²) >= 11 is 0. The number of carbonyl (C=O) groups excluding carboxylic acids is 1. The van der Waals surface area contributed by atoms with E-state index in [0.717, 1.165) is 52.0 Å². The topological polar surface area (TPSA) is 97.4 Å². The molecule has 0 aromatic carbocycles. The van der Waals surface area contributed by atoms with Crippen LogP contribution in [0.15, 0.2) is 6.33 Å². The minimum atomic E-state index is -0.591. The molecule has 128 valence electrons. The predicted octanol–water partition coefficient (Wildman–Crippen LogP) is 0.552. The number of aryl methyl sites for hydroxylation is 1. The van der Waals surface area contributed by atoms with Crippen LogP contribution >= 0.6 is 12.4 Å². The summed E-state index contributed by atoms with van der Waals surface area (Å²) in [7, 11) is 0. The lowest BCUT2D eigenvalue weighted by molar-refractivity contribution is -0.394. The molecule has 1 amide bonds.